The Morgan fingerprint density at radius 1 is 0.429 bits per heavy atom. The minimum atomic E-state index is -0.276. The van der Waals surface area contributed by atoms with Gasteiger partial charge in [0.1, 0.15) is 45.4 Å². The molecule has 196 valence electrons. The Morgan fingerprint density at radius 3 is 0.857 bits per heavy atom. The summed E-state index contributed by atoms with van der Waals surface area (Å²) in [7, 11) is 0. The zero-order valence-corrected chi connectivity index (χ0v) is 24.7. The van der Waals surface area contributed by atoms with Crippen molar-refractivity contribution in [3.05, 3.63) is 47.5 Å². The highest BCUT2D eigenvalue weighted by atomic mass is 32.2. The van der Waals surface area contributed by atoms with Gasteiger partial charge in [0.15, 0.2) is 0 Å². The number of rotatable bonds is 8. The molecular weight excluding hydrogens is 456 g/mol. The Hall–Kier alpha value is -2.01. The third-order valence-electron chi connectivity index (χ3n) is 4.11. The van der Waals surface area contributed by atoms with E-state index in [1.54, 1.807) is 0 Å². The highest BCUT2D eigenvalue weighted by Crippen LogP contribution is 2.33. The van der Waals surface area contributed by atoms with Gasteiger partial charge in [-0.05, 0) is 118 Å². The van der Waals surface area contributed by atoms with E-state index in [1.165, 1.54) is 11.1 Å². The lowest BCUT2D eigenvalue weighted by atomic mass is 10.1. The van der Waals surface area contributed by atoms with Crippen LogP contribution in [-0.2, 0) is 11.5 Å². The second-order valence-corrected chi connectivity index (χ2v) is 14.0. The van der Waals surface area contributed by atoms with Crippen LogP contribution in [0.3, 0.4) is 0 Å². The van der Waals surface area contributed by atoms with Crippen LogP contribution in [0.15, 0.2) is 36.4 Å². The average Bonchev–Trinajstić information content (AvgIpc) is 2.55. The average molecular weight is 503 g/mol. The van der Waals surface area contributed by atoms with Gasteiger partial charge in [0.2, 0.25) is 0 Å². The number of ether oxygens (including phenoxy) is 4. The largest absolute Gasteiger partial charge is 0.488 e. The van der Waals surface area contributed by atoms with Crippen molar-refractivity contribution in [2.75, 3.05) is 0 Å². The molecule has 0 saturated carbocycles. The predicted molar refractivity (Wildman–Crippen MR) is 149 cm³/mol. The maximum Gasteiger partial charge on any atom is 0.124 e. The molecule has 0 aromatic heterocycles. The highest BCUT2D eigenvalue weighted by molar-refractivity contribution is 7.97. The van der Waals surface area contributed by atoms with E-state index in [0.717, 1.165) is 34.5 Å². The first-order valence-electron chi connectivity index (χ1n) is 12.4. The minimum Gasteiger partial charge on any atom is -0.488 e. The zero-order chi connectivity index (χ0) is 26.7. The van der Waals surface area contributed by atoms with E-state index in [0.29, 0.717) is 0 Å². The third-order valence-corrected chi connectivity index (χ3v) is 5.19. The summed E-state index contributed by atoms with van der Waals surface area (Å²) < 4.78 is 24.7. The van der Waals surface area contributed by atoms with Gasteiger partial charge < -0.3 is 18.9 Å². The molecule has 0 aliphatic rings. The van der Waals surface area contributed by atoms with Crippen LogP contribution in [0.4, 0.5) is 0 Å². The van der Waals surface area contributed by atoms with Crippen molar-refractivity contribution in [3.63, 3.8) is 0 Å². The van der Waals surface area contributed by atoms with Gasteiger partial charge in [-0.25, -0.2) is 0 Å². The zero-order valence-electron chi connectivity index (χ0n) is 23.9. The van der Waals surface area contributed by atoms with E-state index in [9.17, 15) is 0 Å². The minimum absolute atomic E-state index is 0.276. The van der Waals surface area contributed by atoms with Crippen LogP contribution in [0.2, 0.25) is 0 Å². The smallest absolute Gasteiger partial charge is 0.124 e. The first-order chi connectivity index (χ1) is 15.8. The topological polar surface area (TPSA) is 36.9 Å². The lowest BCUT2D eigenvalue weighted by molar-refractivity contribution is 0.120. The molecule has 0 heterocycles. The first-order valence-corrected chi connectivity index (χ1v) is 13.5. The Morgan fingerprint density at radius 2 is 0.657 bits per heavy atom. The van der Waals surface area contributed by atoms with Crippen molar-refractivity contribution in [1.82, 2.24) is 0 Å². The number of thioether (sulfide) groups is 1. The van der Waals surface area contributed by atoms with Crippen molar-refractivity contribution in [2.45, 2.75) is 117 Å². The van der Waals surface area contributed by atoms with E-state index >= 15 is 0 Å². The van der Waals surface area contributed by atoms with Crippen molar-refractivity contribution in [2.24, 2.45) is 0 Å². The van der Waals surface area contributed by atoms with Crippen LogP contribution >= 0.6 is 11.8 Å². The van der Waals surface area contributed by atoms with Crippen LogP contribution in [0, 0.1) is 0 Å². The summed E-state index contributed by atoms with van der Waals surface area (Å²) in [5.41, 5.74) is 1.24. The third kappa shape index (κ3) is 12.5. The fourth-order valence-corrected chi connectivity index (χ4v) is 4.27. The summed E-state index contributed by atoms with van der Waals surface area (Å²) >= 11 is 1.84. The van der Waals surface area contributed by atoms with Gasteiger partial charge in [-0.3, -0.25) is 0 Å². The van der Waals surface area contributed by atoms with Gasteiger partial charge in [-0.2, -0.15) is 11.8 Å². The van der Waals surface area contributed by atoms with Gasteiger partial charge in [-0.15, -0.1) is 0 Å². The molecule has 0 amide bonds. The van der Waals surface area contributed by atoms with Gasteiger partial charge in [0.05, 0.1) is 0 Å². The van der Waals surface area contributed by atoms with Crippen molar-refractivity contribution < 1.29 is 18.9 Å². The number of hydrogen-bond donors (Lipinski definition) is 0. The second-order valence-electron chi connectivity index (χ2n) is 13.0. The normalized spacial score (nSPS) is 12.9. The maximum absolute atomic E-state index is 6.16. The van der Waals surface area contributed by atoms with Crippen molar-refractivity contribution in [3.8, 4) is 23.0 Å². The highest BCUT2D eigenvalue weighted by Gasteiger charge is 2.18. The standard InChI is InChI=1S/C30H46O4S/c1-27(2,3)31-23-13-21(14-24(17-23)32-28(4,5)6)19-35-20-22-15-25(33-29(7,8)9)18-26(16-22)34-30(10,11)12/h13-18H,19-20H2,1-12H3. The molecule has 2 aromatic carbocycles. The van der Waals surface area contributed by atoms with E-state index in [4.69, 9.17) is 18.9 Å². The van der Waals surface area contributed by atoms with Gasteiger partial charge in [0, 0.05) is 23.6 Å². The first kappa shape index (κ1) is 29.2. The summed E-state index contributed by atoms with van der Waals surface area (Å²) in [5, 5.41) is 0. The molecule has 2 rings (SSSR count). The fraction of sp³-hybridized carbons (Fsp3) is 0.600. The molecule has 2 aromatic rings. The molecule has 5 heteroatoms. The molecule has 0 saturated heterocycles. The van der Waals surface area contributed by atoms with E-state index < -0.39 is 0 Å². The van der Waals surface area contributed by atoms with Crippen LogP contribution in [0.25, 0.3) is 0 Å². The van der Waals surface area contributed by atoms with Crippen LogP contribution < -0.4 is 18.9 Å². The molecule has 0 fully saturated rings. The summed E-state index contributed by atoms with van der Waals surface area (Å²) in [5.74, 6) is 4.99. The number of benzene rings is 2. The fourth-order valence-electron chi connectivity index (χ4n) is 3.36. The molecule has 0 spiro atoms. The number of hydrogen-bond acceptors (Lipinski definition) is 5. The molecule has 0 bridgehead atoms. The summed E-state index contributed by atoms with van der Waals surface area (Å²) in [6, 6.07) is 12.4. The SMILES string of the molecule is CC(C)(C)Oc1cc(CSCc2cc(OC(C)(C)C)cc(OC(C)(C)C)c2)cc(OC(C)(C)C)c1. The lowest BCUT2D eigenvalue weighted by Gasteiger charge is -2.25. The second kappa shape index (κ2) is 10.9. The summed E-state index contributed by atoms with van der Waals surface area (Å²) in [6.45, 7) is 24.7. The van der Waals surface area contributed by atoms with Crippen molar-refractivity contribution in [1.29, 1.82) is 0 Å². The summed E-state index contributed by atoms with van der Waals surface area (Å²) in [6.07, 6.45) is 0. The van der Waals surface area contributed by atoms with Crippen LogP contribution in [0.5, 0.6) is 23.0 Å². The molecule has 35 heavy (non-hydrogen) atoms. The molecule has 0 atom stereocenters. The van der Waals surface area contributed by atoms with Gasteiger partial charge >= 0.3 is 0 Å². The van der Waals surface area contributed by atoms with E-state index in [2.05, 4.69) is 107 Å². The maximum atomic E-state index is 6.16. The Bertz CT molecular complexity index is 822. The van der Waals surface area contributed by atoms with Gasteiger partial charge in [0.25, 0.3) is 0 Å². The molecule has 0 N–H and O–H groups in total. The molecule has 0 aliphatic heterocycles. The predicted octanol–water partition coefficient (Wildman–Crippen LogP) is 8.83. The Labute approximate surface area is 218 Å². The molecule has 0 aliphatic carbocycles. The quantitative estimate of drug-likeness (QED) is 0.360. The lowest BCUT2D eigenvalue weighted by Crippen LogP contribution is -2.24. The van der Waals surface area contributed by atoms with Crippen molar-refractivity contribution >= 4 is 11.8 Å². The molecule has 4 nitrogen and oxygen atoms in total. The van der Waals surface area contributed by atoms with E-state index in [-0.39, 0.29) is 22.4 Å². The Kier molecular flexibility index (Phi) is 9.14. The van der Waals surface area contributed by atoms with Gasteiger partial charge in [-0.1, -0.05) is 0 Å². The Balaban J connectivity index is 2.22. The summed E-state index contributed by atoms with van der Waals surface area (Å²) in [4.78, 5) is 0. The molecular formula is C30H46O4S. The molecule has 0 unspecified atom stereocenters. The van der Waals surface area contributed by atoms with Crippen LogP contribution in [0.1, 0.15) is 94.2 Å². The molecule has 0 radical (unpaired) electrons. The van der Waals surface area contributed by atoms with Crippen LogP contribution in [-0.4, -0.2) is 22.4 Å². The van der Waals surface area contributed by atoms with E-state index in [1.807, 2.05) is 23.9 Å². The monoisotopic (exact) mass is 502 g/mol.